The molecule has 0 aliphatic carbocycles. The average Bonchev–Trinajstić information content (AvgIpc) is 3.17. The van der Waals surface area contributed by atoms with Gasteiger partial charge in [-0.05, 0) is 104 Å². The van der Waals surface area contributed by atoms with Gasteiger partial charge < -0.3 is 45.5 Å². The van der Waals surface area contributed by atoms with E-state index in [-0.39, 0.29) is 28.3 Å². The molecule has 1 aliphatic heterocycles. The van der Waals surface area contributed by atoms with Gasteiger partial charge in [-0.25, -0.2) is 9.59 Å². The van der Waals surface area contributed by atoms with Gasteiger partial charge in [0, 0.05) is 12.2 Å². The number of phenolic OH excluding ortho intramolecular Hbond substituents is 1. The summed E-state index contributed by atoms with van der Waals surface area (Å²) in [5, 5.41) is 36.2. The minimum absolute atomic E-state index is 0.00415. The molecule has 0 radical (unpaired) electrons. The second kappa shape index (κ2) is 19.7. The second-order valence-electron chi connectivity index (χ2n) is 11.7. The summed E-state index contributed by atoms with van der Waals surface area (Å²) in [6.45, 7) is 2.69. The number of methoxy groups -OCH3 is 2. The molecule has 1 aliphatic rings. The van der Waals surface area contributed by atoms with Crippen LogP contribution in [0.4, 0.5) is 11.4 Å². The number of benzene rings is 4. The van der Waals surface area contributed by atoms with Gasteiger partial charge in [0.25, 0.3) is 0 Å². The predicted octanol–water partition coefficient (Wildman–Crippen LogP) is 6.17. The van der Waals surface area contributed by atoms with E-state index in [1.54, 1.807) is 61.7 Å². The lowest BCUT2D eigenvalue weighted by atomic mass is 9.99. The zero-order valence-corrected chi connectivity index (χ0v) is 29.2. The second-order valence-corrected chi connectivity index (χ2v) is 11.7. The Balaban J connectivity index is 0.000000245. The van der Waals surface area contributed by atoms with Gasteiger partial charge in [-0.1, -0.05) is 36.4 Å². The Morgan fingerprint density at radius 1 is 0.698 bits per heavy atom. The van der Waals surface area contributed by atoms with Crippen LogP contribution in [0.2, 0.25) is 0 Å². The maximum atomic E-state index is 12.2. The molecule has 53 heavy (non-hydrogen) atoms. The molecule has 0 atom stereocenters. The number of nitrogens with one attached hydrogen (secondary N) is 3. The van der Waals surface area contributed by atoms with Crippen molar-refractivity contribution in [1.82, 2.24) is 5.32 Å². The molecular weight excluding hydrogens is 682 g/mol. The van der Waals surface area contributed by atoms with E-state index in [9.17, 15) is 29.4 Å². The molecule has 0 spiro atoms. The molecule has 4 aromatic rings. The fourth-order valence-corrected chi connectivity index (χ4v) is 5.21. The van der Waals surface area contributed by atoms with Crippen molar-refractivity contribution in [3.05, 3.63) is 119 Å². The standard InChI is InChI=1S/C23H26N2O5.C17H15NO5/c1-29-21-14-16(6-8-20(21)30-15-17-10-12-24-13-11-17)7-9-22(26)25-19-5-3-2-4-18(19)23(27)28;1-23-15-10-11(6-8-14(15)19)7-9-16(20)18-13-5-3-2-4-12(13)17(21)22/h2-9,14,17,24H,10-13,15H2,1H3,(H,25,26)(H,27,28);2-10,19H,1H3,(H,18,20)(H,21,22)/b2*9-7+. The minimum Gasteiger partial charge on any atom is -0.504 e. The van der Waals surface area contributed by atoms with Crippen molar-refractivity contribution in [3.63, 3.8) is 0 Å². The first-order valence-corrected chi connectivity index (χ1v) is 16.6. The number of carboxylic acid groups (broad SMARTS) is 2. The summed E-state index contributed by atoms with van der Waals surface area (Å²) in [5.74, 6) is -0.996. The lowest BCUT2D eigenvalue weighted by molar-refractivity contribution is -0.112. The Hall–Kier alpha value is -6.60. The normalized spacial score (nSPS) is 12.7. The molecular formula is C40H41N3O10. The quantitative estimate of drug-likeness (QED) is 0.0864. The van der Waals surface area contributed by atoms with Gasteiger partial charge in [0.2, 0.25) is 11.8 Å². The number of hydrogen-bond donors (Lipinski definition) is 6. The monoisotopic (exact) mass is 723 g/mol. The number of aromatic hydroxyl groups is 1. The Bertz CT molecular complexity index is 1970. The number of anilines is 2. The summed E-state index contributed by atoms with van der Waals surface area (Å²) in [7, 11) is 3.01. The number of ether oxygens (including phenoxy) is 3. The predicted molar refractivity (Wildman–Crippen MR) is 201 cm³/mol. The Kier molecular flexibility index (Phi) is 14.6. The summed E-state index contributed by atoms with van der Waals surface area (Å²) < 4.78 is 16.4. The fraction of sp³-hybridized carbons (Fsp3) is 0.200. The van der Waals surface area contributed by atoms with Crippen LogP contribution in [0.5, 0.6) is 23.0 Å². The lowest BCUT2D eigenvalue weighted by Crippen LogP contribution is -2.30. The number of piperidine rings is 1. The number of hydrogen-bond acceptors (Lipinski definition) is 9. The smallest absolute Gasteiger partial charge is 0.337 e. The van der Waals surface area contributed by atoms with Crippen LogP contribution >= 0.6 is 0 Å². The number of carbonyl (C=O) groups is 4. The highest BCUT2D eigenvalue weighted by molar-refractivity contribution is 6.07. The summed E-state index contributed by atoms with van der Waals surface area (Å²) >= 11 is 0. The highest BCUT2D eigenvalue weighted by Crippen LogP contribution is 2.30. The summed E-state index contributed by atoms with van der Waals surface area (Å²) in [5.41, 5.74) is 1.94. The highest BCUT2D eigenvalue weighted by Gasteiger charge is 2.15. The van der Waals surface area contributed by atoms with E-state index in [0.29, 0.717) is 35.3 Å². The molecule has 6 N–H and O–H groups in total. The van der Waals surface area contributed by atoms with Crippen LogP contribution in [0, 0.1) is 5.92 Å². The van der Waals surface area contributed by atoms with Crippen LogP contribution in [0.25, 0.3) is 12.2 Å². The minimum atomic E-state index is -1.12. The average molecular weight is 724 g/mol. The molecule has 5 rings (SSSR count). The molecule has 0 unspecified atom stereocenters. The van der Waals surface area contributed by atoms with Gasteiger partial charge in [0.05, 0.1) is 43.3 Å². The van der Waals surface area contributed by atoms with E-state index >= 15 is 0 Å². The third-order valence-electron chi connectivity index (χ3n) is 8.01. The molecule has 2 amide bonds. The molecule has 276 valence electrons. The number of rotatable bonds is 13. The number of para-hydroxylation sites is 2. The summed E-state index contributed by atoms with van der Waals surface area (Å²) in [6, 6.07) is 22.5. The number of carboxylic acids is 2. The van der Waals surface area contributed by atoms with Crippen LogP contribution in [-0.2, 0) is 9.59 Å². The van der Waals surface area contributed by atoms with Gasteiger partial charge >= 0.3 is 11.9 Å². The molecule has 1 saturated heterocycles. The maximum absolute atomic E-state index is 12.2. The number of amides is 2. The highest BCUT2D eigenvalue weighted by atomic mass is 16.5. The molecule has 13 nitrogen and oxygen atoms in total. The topological polar surface area (TPSA) is 193 Å². The van der Waals surface area contributed by atoms with Gasteiger partial charge in [0.15, 0.2) is 23.0 Å². The van der Waals surface area contributed by atoms with Crippen LogP contribution in [0.3, 0.4) is 0 Å². The third-order valence-corrected chi connectivity index (χ3v) is 8.01. The van der Waals surface area contributed by atoms with E-state index in [2.05, 4.69) is 16.0 Å². The van der Waals surface area contributed by atoms with E-state index in [1.165, 1.54) is 49.6 Å². The molecule has 4 aromatic carbocycles. The Morgan fingerprint density at radius 3 is 1.70 bits per heavy atom. The fourth-order valence-electron chi connectivity index (χ4n) is 5.21. The van der Waals surface area contributed by atoms with Gasteiger partial charge in [-0.15, -0.1) is 0 Å². The van der Waals surface area contributed by atoms with Crippen LogP contribution in [-0.4, -0.2) is 73.0 Å². The lowest BCUT2D eigenvalue weighted by Gasteiger charge is -2.23. The largest absolute Gasteiger partial charge is 0.504 e. The van der Waals surface area contributed by atoms with Gasteiger partial charge in [0.1, 0.15) is 0 Å². The van der Waals surface area contributed by atoms with Crippen molar-refractivity contribution in [2.24, 2.45) is 5.92 Å². The SMILES string of the molecule is COc1cc(/C=C/C(=O)Nc2ccccc2C(=O)O)ccc1O.COc1cc(/C=C/C(=O)Nc2ccccc2C(=O)O)ccc1OCC1CCNCC1. The van der Waals surface area contributed by atoms with Crippen LogP contribution in [0.15, 0.2) is 97.1 Å². The molecule has 1 heterocycles. The van der Waals surface area contributed by atoms with E-state index in [4.69, 9.17) is 19.3 Å². The van der Waals surface area contributed by atoms with Crippen LogP contribution < -0.4 is 30.2 Å². The molecule has 0 saturated carbocycles. The molecule has 0 aromatic heterocycles. The Labute approximate surface area is 306 Å². The van der Waals surface area contributed by atoms with E-state index < -0.39 is 23.8 Å². The third kappa shape index (κ3) is 12.0. The maximum Gasteiger partial charge on any atom is 0.337 e. The summed E-state index contributed by atoms with van der Waals surface area (Å²) in [6.07, 6.45) is 7.98. The first-order chi connectivity index (χ1) is 25.6. The first kappa shape index (κ1) is 39.2. The molecule has 0 bridgehead atoms. The number of carbonyl (C=O) groups excluding carboxylic acids is 2. The van der Waals surface area contributed by atoms with Crippen molar-refractivity contribution in [2.45, 2.75) is 12.8 Å². The number of aromatic carboxylic acids is 2. The van der Waals surface area contributed by atoms with E-state index in [0.717, 1.165) is 31.5 Å². The van der Waals surface area contributed by atoms with Gasteiger partial charge in [-0.3, -0.25) is 9.59 Å². The molecule has 1 fully saturated rings. The first-order valence-electron chi connectivity index (χ1n) is 16.6. The number of phenols is 1. The van der Waals surface area contributed by atoms with Crippen molar-refractivity contribution in [3.8, 4) is 23.0 Å². The van der Waals surface area contributed by atoms with Crippen molar-refractivity contribution in [1.29, 1.82) is 0 Å². The van der Waals surface area contributed by atoms with Crippen molar-refractivity contribution >= 4 is 47.3 Å². The van der Waals surface area contributed by atoms with Crippen molar-refractivity contribution < 1.29 is 48.7 Å². The Morgan fingerprint density at radius 2 is 1.19 bits per heavy atom. The molecule has 13 heteroatoms. The zero-order chi connectivity index (χ0) is 38.2. The van der Waals surface area contributed by atoms with Crippen molar-refractivity contribution in [2.75, 3.05) is 44.5 Å². The van der Waals surface area contributed by atoms with E-state index in [1.807, 2.05) is 12.1 Å². The van der Waals surface area contributed by atoms with Crippen LogP contribution in [0.1, 0.15) is 44.7 Å². The van der Waals surface area contributed by atoms with Gasteiger partial charge in [-0.2, -0.15) is 0 Å². The zero-order valence-electron chi connectivity index (χ0n) is 29.2. The summed E-state index contributed by atoms with van der Waals surface area (Å²) in [4.78, 5) is 46.4.